The van der Waals surface area contributed by atoms with Gasteiger partial charge >= 0.3 is 5.97 Å². The van der Waals surface area contributed by atoms with E-state index in [0.29, 0.717) is 25.2 Å². The minimum atomic E-state index is -1.44. The van der Waals surface area contributed by atoms with Gasteiger partial charge in [0.1, 0.15) is 17.6 Å². The first-order valence-electron chi connectivity index (χ1n) is 8.32. The molecule has 2 aliphatic heterocycles. The summed E-state index contributed by atoms with van der Waals surface area (Å²) in [6.45, 7) is 1.19. The number of carboxylic acids is 1. The van der Waals surface area contributed by atoms with E-state index in [4.69, 9.17) is 11.6 Å². The Bertz CT molecular complexity index is 1030. The Morgan fingerprint density at radius 2 is 2.00 bits per heavy atom. The number of hydrogen-bond acceptors (Lipinski definition) is 4. The summed E-state index contributed by atoms with van der Waals surface area (Å²) >= 11 is 6.49. The Morgan fingerprint density at radius 1 is 1.35 bits per heavy atom. The van der Waals surface area contributed by atoms with E-state index in [2.05, 4.69) is 5.32 Å². The molecule has 1 aromatic carbocycles. The van der Waals surface area contributed by atoms with Crippen LogP contribution in [-0.2, 0) is 0 Å². The number of benzene rings is 1. The number of carbonyl (C=O) groups is 1. The molecule has 0 bridgehead atoms. The van der Waals surface area contributed by atoms with Crippen molar-refractivity contribution in [2.45, 2.75) is 30.7 Å². The van der Waals surface area contributed by atoms with Crippen molar-refractivity contribution in [3.8, 4) is 0 Å². The molecule has 0 amide bonds. The molecule has 0 spiro atoms. The van der Waals surface area contributed by atoms with Crippen LogP contribution in [0.1, 0.15) is 22.8 Å². The van der Waals surface area contributed by atoms with E-state index in [0.717, 1.165) is 12.3 Å². The lowest BCUT2D eigenvalue weighted by Crippen LogP contribution is -2.29. The summed E-state index contributed by atoms with van der Waals surface area (Å²) in [5.41, 5.74) is -0.971. The molecule has 2 unspecified atom stereocenters. The largest absolute Gasteiger partial charge is 0.477 e. The fourth-order valence-electron chi connectivity index (χ4n) is 3.89. The highest BCUT2D eigenvalue weighted by molar-refractivity contribution is 6.38. The summed E-state index contributed by atoms with van der Waals surface area (Å²) in [6, 6.07) is 1.03. The van der Waals surface area contributed by atoms with Crippen LogP contribution in [0.3, 0.4) is 0 Å². The first-order valence-corrected chi connectivity index (χ1v) is 8.70. The first kappa shape index (κ1) is 16.0. The SMILES string of the molecule is O=C(O)c1cn([C@@H]2C[C@@H]2F)c2c(Cl)c(N3CC4NC4C3)c(F)cc2c1=O. The molecule has 2 aromatic rings. The van der Waals surface area contributed by atoms with Gasteiger partial charge in [0, 0.05) is 37.8 Å². The fourth-order valence-corrected chi connectivity index (χ4v) is 4.30. The first-order chi connectivity index (χ1) is 12.4. The molecule has 3 heterocycles. The zero-order chi connectivity index (χ0) is 18.3. The molecule has 9 heteroatoms. The Labute approximate surface area is 151 Å². The number of piperazine rings is 1. The van der Waals surface area contributed by atoms with E-state index in [-0.39, 0.29) is 28.0 Å². The summed E-state index contributed by atoms with van der Waals surface area (Å²) in [4.78, 5) is 25.7. The van der Waals surface area contributed by atoms with E-state index >= 15 is 0 Å². The number of aromatic carboxylic acids is 1. The topological polar surface area (TPSA) is 84.5 Å². The lowest BCUT2D eigenvalue weighted by Gasteiger charge is -2.24. The average molecular weight is 382 g/mol. The zero-order valence-corrected chi connectivity index (χ0v) is 14.1. The zero-order valence-electron chi connectivity index (χ0n) is 13.4. The molecular formula is C17H14ClF2N3O3. The highest BCUT2D eigenvalue weighted by atomic mass is 35.5. The molecule has 0 radical (unpaired) electrons. The number of nitrogens with zero attached hydrogens (tertiary/aromatic N) is 2. The van der Waals surface area contributed by atoms with Gasteiger partial charge in [0.05, 0.1) is 27.7 Å². The molecule has 2 N–H and O–H groups in total. The third kappa shape index (κ3) is 2.18. The third-order valence-electron chi connectivity index (χ3n) is 5.41. The van der Waals surface area contributed by atoms with Crippen LogP contribution in [0.2, 0.25) is 5.02 Å². The van der Waals surface area contributed by atoms with E-state index in [1.54, 1.807) is 0 Å². The molecule has 136 valence electrons. The maximum atomic E-state index is 14.8. The summed E-state index contributed by atoms with van der Waals surface area (Å²) < 4.78 is 29.9. The average Bonchev–Trinajstić information content (AvgIpc) is 3.46. The molecule has 1 aliphatic carbocycles. The Balaban J connectivity index is 1.79. The van der Waals surface area contributed by atoms with Crippen LogP contribution in [0.15, 0.2) is 17.1 Å². The number of hydrogen-bond donors (Lipinski definition) is 2. The van der Waals surface area contributed by atoms with E-state index < -0.39 is 35.0 Å². The van der Waals surface area contributed by atoms with Crippen molar-refractivity contribution >= 4 is 34.2 Å². The van der Waals surface area contributed by atoms with Crippen molar-refractivity contribution in [1.29, 1.82) is 0 Å². The van der Waals surface area contributed by atoms with Crippen molar-refractivity contribution in [3.63, 3.8) is 0 Å². The quantitative estimate of drug-likeness (QED) is 0.794. The maximum absolute atomic E-state index is 14.8. The second kappa shape index (κ2) is 5.17. The predicted molar refractivity (Wildman–Crippen MR) is 91.6 cm³/mol. The second-order valence-corrected chi connectivity index (χ2v) is 7.48. The van der Waals surface area contributed by atoms with Gasteiger partial charge < -0.3 is 19.9 Å². The van der Waals surface area contributed by atoms with Gasteiger partial charge in [-0.05, 0) is 6.07 Å². The van der Waals surface area contributed by atoms with Crippen LogP contribution < -0.4 is 15.6 Å². The summed E-state index contributed by atoms with van der Waals surface area (Å²) in [6.07, 6.45) is 0.182. The Morgan fingerprint density at radius 3 is 2.58 bits per heavy atom. The minimum Gasteiger partial charge on any atom is -0.477 e. The molecule has 5 rings (SSSR count). The summed E-state index contributed by atoms with van der Waals surface area (Å²) in [7, 11) is 0. The van der Waals surface area contributed by atoms with Crippen molar-refractivity contribution in [2.75, 3.05) is 18.0 Å². The monoisotopic (exact) mass is 381 g/mol. The Hall–Kier alpha value is -2.19. The van der Waals surface area contributed by atoms with Crippen LogP contribution in [-0.4, -0.2) is 47.0 Å². The normalized spacial score (nSPS) is 29.1. The maximum Gasteiger partial charge on any atom is 0.341 e. The number of alkyl halides is 1. The van der Waals surface area contributed by atoms with Crippen molar-refractivity contribution < 1.29 is 18.7 Å². The van der Waals surface area contributed by atoms with Crippen LogP contribution in [0.4, 0.5) is 14.5 Å². The van der Waals surface area contributed by atoms with Gasteiger partial charge in [0.15, 0.2) is 0 Å². The highest BCUT2D eigenvalue weighted by Gasteiger charge is 2.46. The standard InChI is InChI=1S/C17H14ClF2N3O3/c18-13-14-6(1-9(20)15(13)22-4-10-11(5-22)21-10)16(24)7(17(25)26)3-23(14)12-2-8(12)19/h1,3,8,10-12,21H,2,4-5H2,(H,25,26)/t8-,10?,11?,12+/m0/s1. The van der Waals surface area contributed by atoms with Gasteiger partial charge in [-0.3, -0.25) is 4.79 Å². The van der Waals surface area contributed by atoms with Gasteiger partial charge in [-0.25, -0.2) is 13.6 Å². The van der Waals surface area contributed by atoms with Gasteiger partial charge in [-0.1, -0.05) is 11.6 Å². The molecule has 3 aliphatic rings. The smallest absolute Gasteiger partial charge is 0.341 e. The number of carboxylic acid groups (broad SMARTS) is 1. The number of fused-ring (bicyclic) bond motifs is 2. The van der Waals surface area contributed by atoms with Crippen molar-refractivity contribution in [2.24, 2.45) is 0 Å². The number of pyridine rings is 1. The van der Waals surface area contributed by atoms with Gasteiger partial charge in [0.2, 0.25) is 5.43 Å². The van der Waals surface area contributed by atoms with Gasteiger partial charge in [-0.15, -0.1) is 0 Å². The summed E-state index contributed by atoms with van der Waals surface area (Å²) in [5.74, 6) is -2.12. The molecule has 4 atom stereocenters. The number of aromatic nitrogens is 1. The van der Waals surface area contributed by atoms with Crippen molar-refractivity contribution in [3.05, 3.63) is 38.9 Å². The van der Waals surface area contributed by atoms with Crippen LogP contribution in [0.5, 0.6) is 0 Å². The number of halogens is 3. The van der Waals surface area contributed by atoms with Gasteiger partial charge in [0.25, 0.3) is 0 Å². The second-order valence-electron chi connectivity index (χ2n) is 7.11. The Kier molecular flexibility index (Phi) is 3.19. The predicted octanol–water partition coefficient (Wildman–Crippen LogP) is 1.94. The molecule has 2 saturated heterocycles. The highest BCUT2D eigenvalue weighted by Crippen LogP contribution is 2.44. The number of rotatable bonds is 3. The van der Waals surface area contributed by atoms with E-state index in [9.17, 15) is 23.5 Å². The molecule has 6 nitrogen and oxygen atoms in total. The molecule has 1 saturated carbocycles. The minimum absolute atomic E-state index is 0.0226. The third-order valence-corrected chi connectivity index (χ3v) is 5.77. The van der Waals surface area contributed by atoms with Crippen molar-refractivity contribution in [1.82, 2.24) is 9.88 Å². The molecular weight excluding hydrogens is 368 g/mol. The number of nitrogens with one attached hydrogen (secondary N) is 1. The lowest BCUT2D eigenvalue weighted by molar-refractivity contribution is 0.0694. The van der Waals surface area contributed by atoms with Crippen LogP contribution >= 0.6 is 11.6 Å². The summed E-state index contributed by atoms with van der Waals surface area (Å²) in [5, 5.41) is 12.4. The van der Waals surface area contributed by atoms with Gasteiger partial charge in [-0.2, -0.15) is 0 Å². The molecule has 1 aromatic heterocycles. The van der Waals surface area contributed by atoms with Crippen LogP contribution in [0.25, 0.3) is 10.9 Å². The fraction of sp³-hybridized carbons (Fsp3) is 0.412. The molecule has 26 heavy (non-hydrogen) atoms. The van der Waals surface area contributed by atoms with E-state index in [1.165, 1.54) is 4.57 Å². The molecule has 3 fully saturated rings. The lowest BCUT2D eigenvalue weighted by atomic mass is 10.1. The van der Waals surface area contributed by atoms with E-state index in [1.807, 2.05) is 4.90 Å². The number of anilines is 1. The van der Waals surface area contributed by atoms with Crippen LogP contribution in [0, 0.1) is 5.82 Å².